The highest BCUT2D eigenvalue weighted by Crippen LogP contribution is 2.17. The molecule has 1 heterocycles. The molecule has 0 aliphatic heterocycles. The molecule has 0 aliphatic carbocycles. The van der Waals surface area contributed by atoms with Crippen LogP contribution in [-0.2, 0) is 6.61 Å². The largest absolute Gasteiger partial charge is 0.388 e. The Morgan fingerprint density at radius 3 is 2.67 bits per heavy atom. The van der Waals surface area contributed by atoms with Gasteiger partial charge in [-0.3, -0.25) is 0 Å². The number of hydrogen-bond acceptors (Lipinski definition) is 3. The number of aliphatic hydroxyl groups excluding tert-OH is 1. The van der Waals surface area contributed by atoms with Gasteiger partial charge in [0.15, 0.2) is 10.4 Å². The summed E-state index contributed by atoms with van der Waals surface area (Å²) in [6.45, 7) is 1.73. The van der Waals surface area contributed by atoms with Gasteiger partial charge in [-0.05, 0) is 22.9 Å². The van der Waals surface area contributed by atoms with Crippen molar-refractivity contribution in [3.8, 4) is 0 Å². The summed E-state index contributed by atoms with van der Waals surface area (Å²) in [7, 11) is 0. The van der Waals surface area contributed by atoms with Crippen molar-refractivity contribution in [2.75, 3.05) is 0 Å². The van der Waals surface area contributed by atoms with E-state index in [0.29, 0.717) is 10.4 Å². The van der Waals surface area contributed by atoms with E-state index >= 15 is 0 Å². The van der Waals surface area contributed by atoms with Crippen LogP contribution in [0.3, 0.4) is 0 Å². The van der Waals surface area contributed by atoms with Crippen LogP contribution in [0.1, 0.15) is 11.3 Å². The molecule has 0 spiro atoms. The van der Waals surface area contributed by atoms with Crippen molar-refractivity contribution in [1.82, 2.24) is 5.16 Å². The molecule has 1 N–H and O–H groups in total. The van der Waals surface area contributed by atoms with Gasteiger partial charge in [-0.1, -0.05) is 5.16 Å². The van der Waals surface area contributed by atoms with Gasteiger partial charge in [0.1, 0.15) is 6.61 Å². The van der Waals surface area contributed by atoms with Crippen molar-refractivity contribution in [3.05, 3.63) is 15.9 Å². The predicted molar refractivity (Wildman–Crippen MR) is 34.9 cm³/mol. The number of aromatic nitrogens is 1. The topological polar surface area (TPSA) is 46.3 Å². The summed E-state index contributed by atoms with van der Waals surface area (Å²) in [6.07, 6.45) is 0. The Morgan fingerprint density at radius 1 is 1.78 bits per heavy atom. The molecule has 50 valence electrons. The fourth-order valence-corrected chi connectivity index (χ4v) is 0.788. The fourth-order valence-electron chi connectivity index (χ4n) is 0.495. The van der Waals surface area contributed by atoms with Crippen molar-refractivity contribution >= 4 is 15.9 Å². The van der Waals surface area contributed by atoms with Crippen molar-refractivity contribution in [1.29, 1.82) is 0 Å². The minimum absolute atomic E-state index is 0.0928. The molecule has 0 saturated carbocycles. The molecular weight excluding hydrogens is 186 g/mol. The predicted octanol–water partition coefficient (Wildman–Crippen LogP) is 1.24. The Hall–Kier alpha value is -0.350. The number of aliphatic hydroxyl groups is 1. The third kappa shape index (κ3) is 1.14. The molecule has 0 bridgehead atoms. The third-order valence-corrected chi connectivity index (χ3v) is 1.85. The monoisotopic (exact) mass is 191 g/mol. The molecule has 4 heteroatoms. The molecule has 3 nitrogen and oxygen atoms in total. The highest BCUT2D eigenvalue weighted by molar-refractivity contribution is 9.10. The highest BCUT2D eigenvalue weighted by atomic mass is 79.9. The van der Waals surface area contributed by atoms with E-state index in [1.54, 1.807) is 0 Å². The number of halogens is 1. The lowest BCUT2D eigenvalue weighted by atomic mass is 10.3. The minimum atomic E-state index is -0.0928. The molecule has 0 saturated heterocycles. The second-order valence-electron chi connectivity index (χ2n) is 1.68. The summed E-state index contributed by atoms with van der Waals surface area (Å²) < 4.78 is 5.36. The first-order valence-electron chi connectivity index (χ1n) is 2.47. The van der Waals surface area contributed by atoms with Crippen LogP contribution in [-0.4, -0.2) is 10.3 Å². The molecule has 0 unspecified atom stereocenters. The molecule has 9 heavy (non-hydrogen) atoms. The molecule has 1 aromatic heterocycles. The Balaban J connectivity index is 3.04. The Bertz CT molecular complexity index is 209. The average molecular weight is 192 g/mol. The zero-order valence-electron chi connectivity index (χ0n) is 4.89. The van der Waals surface area contributed by atoms with Crippen LogP contribution < -0.4 is 0 Å². The van der Waals surface area contributed by atoms with Gasteiger partial charge in [0.2, 0.25) is 0 Å². The SMILES string of the molecule is Cc1c(Br)noc1CO. The maximum absolute atomic E-state index is 8.58. The maximum atomic E-state index is 8.58. The second kappa shape index (κ2) is 2.49. The lowest BCUT2D eigenvalue weighted by Crippen LogP contribution is -1.80. The van der Waals surface area contributed by atoms with Crippen LogP contribution in [0.25, 0.3) is 0 Å². The Labute approximate surface area is 60.8 Å². The summed E-state index contributed by atoms with van der Waals surface area (Å²) >= 11 is 3.14. The van der Waals surface area contributed by atoms with Gasteiger partial charge in [-0.25, -0.2) is 0 Å². The van der Waals surface area contributed by atoms with Crippen LogP contribution in [0.15, 0.2) is 9.13 Å². The van der Waals surface area contributed by atoms with Crippen LogP contribution in [0.4, 0.5) is 0 Å². The highest BCUT2D eigenvalue weighted by Gasteiger charge is 2.06. The van der Waals surface area contributed by atoms with Crippen LogP contribution in [0.5, 0.6) is 0 Å². The molecule has 1 aromatic rings. The molecule has 0 atom stereocenters. The smallest absolute Gasteiger partial charge is 0.166 e. The van der Waals surface area contributed by atoms with Crippen molar-refractivity contribution < 1.29 is 9.63 Å². The molecule has 0 radical (unpaired) electrons. The van der Waals surface area contributed by atoms with E-state index in [-0.39, 0.29) is 6.61 Å². The molecule has 1 rings (SSSR count). The van der Waals surface area contributed by atoms with Gasteiger partial charge in [0.25, 0.3) is 0 Å². The van der Waals surface area contributed by atoms with Gasteiger partial charge < -0.3 is 9.63 Å². The van der Waals surface area contributed by atoms with E-state index < -0.39 is 0 Å². The first-order valence-corrected chi connectivity index (χ1v) is 3.26. The van der Waals surface area contributed by atoms with E-state index in [1.165, 1.54) is 0 Å². The number of rotatable bonds is 1. The van der Waals surface area contributed by atoms with Gasteiger partial charge in [-0.2, -0.15) is 0 Å². The maximum Gasteiger partial charge on any atom is 0.166 e. The van der Waals surface area contributed by atoms with Crippen LogP contribution in [0.2, 0.25) is 0 Å². The Morgan fingerprint density at radius 2 is 2.44 bits per heavy atom. The Kier molecular flexibility index (Phi) is 1.87. The first kappa shape index (κ1) is 6.77. The second-order valence-corrected chi connectivity index (χ2v) is 2.43. The minimum Gasteiger partial charge on any atom is -0.388 e. The molecule has 0 aliphatic rings. The van der Waals surface area contributed by atoms with Gasteiger partial charge in [0.05, 0.1) is 0 Å². The van der Waals surface area contributed by atoms with Crippen molar-refractivity contribution in [2.24, 2.45) is 0 Å². The lowest BCUT2D eigenvalue weighted by molar-refractivity contribution is 0.227. The average Bonchev–Trinajstić information content (AvgIpc) is 2.15. The number of nitrogens with zero attached hydrogens (tertiary/aromatic N) is 1. The zero-order chi connectivity index (χ0) is 6.85. The van der Waals surface area contributed by atoms with E-state index in [1.807, 2.05) is 6.92 Å². The lowest BCUT2D eigenvalue weighted by Gasteiger charge is -1.84. The van der Waals surface area contributed by atoms with E-state index in [2.05, 4.69) is 21.1 Å². The van der Waals surface area contributed by atoms with E-state index in [4.69, 9.17) is 9.63 Å². The van der Waals surface area contributed by atoms with Crippen molar-refractivity contribution in [2.45, 2.75) is 13.5 Å². The summed E-state index contributed by atoms with van der Waals surface area (Å²) in [5, 5.41) is 12.1. The first-order chi connectivity index (χ1) is 4.25. The fraction of sp³-hybridized carbons (Fsp3) is 0.400. The van der Waals surface area contributed by atoms with Gasteiger partial charge in [-0.15, -0.1) is 0 Å². The van der Waals surface area contributed by atoms with Gasteiger partial charge >= 0.3 is 0 Å². The van der Waals surface area contributed by atoms with E-state index in [0.717, 1.165) is 5.56 Å². The van der Waals surface area contributed by atoms with Crippen LogP contribution >= 0.6 is 15.9 Å². The molecular formula is C5H6BrNO2. The summed E-state index contributed by atoms with van der Waals surface area (Å²) in [5.74, 6) is 0.516. The van der Waals surface area contributed by atoms with Gasteiger partial charge in [0, 0.05) is 5.56 Å². The molecule has 0 aromatic carbocycles. The standard InChI is InChI=1S/C5H6BrNO2/c1-3-4(2-8)9-7-5(3)6/h8H,2H2,1H3. The summed E-state index contributed by atoms with van der Waals surface area (Å²) in [6, 6.07) is 0. The quantitative estimate of drug-likeness (QED) is 0.727. The molecule has 0 fully saturated rings. The number of hydrogen-bond donors (Lipinski definition) is 1. The summed E-state index contributed by atoms with van der Waals surface area (Å²) in [5.41, 5.74) is 0.859. The third-order valence-electron chi connectivity index (χ3n) is 1.11. The van der Waals surface area contributed by atoms with Crippen LogP contribution in [0, 0.1) is 6.92 Å². The molecule has 0 amide bonds. The van der Waals surface area contributed by atoms with E-state index in [9.17, 15) is 0 Å². The summed E-state index contributed by atoms with van der Waals surface area (Å²) in [4.78, 5) is 0. The van der Waals surface area contributed by atoms with Crippen molar-refractivity contribution in [3.63, 3.8) is 0 Å². The normalized spacial score (nSPS) is 10.1. The zero-order valence-corrected chi connectivity index (χ0v) is 6.47.